The number of rotatable bonds is 10. The summed E-state index contributed by atoms with van der Waals surface area (Å²) in [6.07, 6.45) is 12.2. The average Bonchev–Trinajstić information content (AvgIpc) is 3.59. The number of allylic oxidation sites excluding steroid dienone is 1. The van der Waals surface area contributed by atoms with E-state index in [4.69, 9.17) is 14.2 Å². The molecule has 0 heterocycles. The second-order valence-electron chi connectivity index (χ2n) is 9.89. The van der Waals surface area contributed by atoms with Gasteiger partial charge >= 0.3 is 18.0 Å². The highest BCUT2D eigenvalue weighted by molar-refractivity contribution is 6.04. The lowest BCUT2D eigenvalue weighted by molar-refractivity contribution is -0.164. The van der Waals surface area contributed by atoms with Crippen LogP contribution in [-0.2, 0) is 23.8 Å². The summed E-state index contributed by atoms with van der Waals surface area (Å²) in [7, 11) is 3.30. The quantitative estimate of drug-likeness (QED) is 0.168. The average molecular weight is 465 g/mol. The Morgan fingerprint density at radius 1 is 0.909 bits per heavy atom. The molecule has 0 aromatic heterocycles. The van der Waals surface area contributed by atoms with E-state index >= 15 is 0 Å². The number of hydrogen-bond acceptors (Lipinski definition) is 7. The van der Waals surface area contributed by atoms with E-state index in [0.717, 1.165) is 37.5 Å². The van der Waals surface area contributed by atoms with E-state index in [-0.39, 0.29) is 25.2 Å². The van der Waals surface area contributed by atoms with Gasteiger partial charge in [-0.1, -0.05) is 6.08 Å². The Hall–Kier alpha value is -2.09. The molecule has 0 saturated heterocycles. The van der Waals surface area contributed by atoms with Crippen molar-refractivity contribution in [1.82, 2.24) is 10.6 Å². The third kappa shape index (κ3) is 6.49. The monoisotopic (exact) mass is 464 g/mol. The first-order valence-electron chi connectivity index (χ1n) is 12.4. The number of nitrogens with one attached hydrogen (secondary N) is 2. The minimum absolute atomic E-state index is 0.0573. The molecule has 186 valence electrons. The van der Waals surface area contributed by atoms with Gasteiger partial charge in [-0.2, -0.15) is 0 Å². The summed E-state index contributed by atoms with van der Waals surface area (Å²) in [5.41, 5.74) is -1.29. The zero-order valence-electron chi connectivity index (χ0n) is 20.1. The maximum Gasteiger partial charge on any atom is 0.407 e. The first-order chi connectivity index (χ1) is 15.9. The third-order valence-electron chi connectivity index (χ3n) is 7.85. The second-order valence-corrected chi connectivity index (χ2v) is 9.89. The highest BCUT2D eigenvalue weighted by Gasteiger charge is 2.66. The van der Waals surface area contributed by atoms with Crippen molar-refractivity contribution in [3.8, 4) is 0 Å². The summed E-state index contributed by atoms with van der Waals surface area (Å²) >= 11 is 0. The van der Waals surface area contributed by atoms with Gasteiger partial charge in [0, 0.05) is 18.0 Å². The van der Waals surface area contributed by atoms with E-state index in [0.29, 0.717) is 12.5 Å². The van der Waals surface area contributed by atoms with Crippen LogP contribution in [0.3, 0.4) is 0 Å². The summed E-state index contributed by atoms with van der Waals surface area (Å²) in [5, 5.41) is 6.33. The molecule has 3 saturated carbocycles. The van der Waals surface area contributed by atoms with Crippen molar-refractivity contribution in [3.05, 3.63) is 12.7 Å². The molecule has 1 amide bonds. The van der Waals surface area contributed by atoms with E-state index in [1.807, 2.05) is 0 Å². The van der Waals surface area contributed by atoms with Crippen molar-refractivity contribution in [2.45, 2.75) is 76.3 Å². The van der Waals surface area contributed by atoms with Gasteiger partial charge in [0.05, 0.1) is 7.11 Å². The molecule has 0 bridgehead atoms. The normalized spacial score (nSPS) is 33.5. The van der Waals surface area contributed by atoms with Gasteiger partial charge in [0.2, 0.25) is 0 Å². The van der Waals surface area contributed by atoms with Crippen LogP contribution in [-0.4, -0.2) is 57.5 Å². The standard InChI is InChI=1S/C25H40N2O6/c1-4-19-16-25(19,22(28)31-3)23(29)32-13-14-33-24(30)27-21-11-7-18(8-12-21)15-17-5-9-20(26-2)10-6-17/h4,17-21,26H,1,5-16H2,2-3H3,(H,27,30). The fraction of sp³-hybridized carbons (Fsp3) is 0.800. The molecular formula is C25H40N2O6. The van der Waals surface area contributed by atoms with E-state index in [9.17, 15) is 14.4 Å². The van der Waals surface area contributed by atoms with Gasteiger partial charge in [-0.15, -0.1) is 6.58 Å². The van der Waals surface area contributed by atoms with E-state index < -0.39 is 23.4 Å². The van der Waals surface area contributed by atoms with Crippen molar-refractivity contribution >= 4 is 18.0 Å². The van der Waals surface area contributed by atoms with E-state index in [1.165, 1.54) is 39.2 Å². The fourth-order valence-corrected chi connectivity index (χ4v) is 5.61. The molecule has 0 aromatic rings. The number of methoxy groups -OCH3 is 1. The Morgan fingerprint density at radius 2 is 1.48 bits per heavy atom. The predicted molar refractivity (Wildman–Crippen MR) is 123 cm³/mol. The zero-order valence-corrected chi connectivity index (χ0v) is 20.1. The Kier molecular flexibility index (Phi) is 9.18. The van der Waals surface area contributed by atoms with Crippen LogP contribution in [0.5, 0.6) is 0 Å². The van der Waals surface area contributed by atoms with Gasteiger partial charge in [-0.3, -0.25) is 9.59 Å². The van der Waals surface area contributed by atoms with Crippen LogP contribution in [0.15, 0.2) is 12.7 Å². The van der Waals surface area contributed by atoms with Crippen LogP contribution in [0, 0.1) is 23.2 Å². The van der Waals surface area contributed by atoms with Crippen LogP contribution < -0.4 is 10.6 Å². The second kappa shape index (κ2) is 11.9. The SMILES string of the molecule is C=CC1CC1(C(=O)OC)C(=O)OCCOC(=O)NC1CCC(CC2CCC(NC)CC2)CC1. The van der Waals surface area contributed by atoms with Crippen molar-refractivity contribution in [2.24, 2.45) is 23.2 Å². The van der Waals surface area contributed by atoms with Crippen LogP contribution >= 0.6 is 0 Å². The largest absolute Gasteiger partial charge is 0.468 e. The molecule has 8 heteroatoms. The van der Waals surface area contributed by atoms with Gasteiger partial charge in [0.1, 0.15) is 13.2 Å². The minimum atomic E-state index is -1.29. The van der Waals surface area contributed by atoms with Crippen LogP contribution in [0.4, 0.5) is 4.79 Å². The lowest BCUT2D eigenvalue weighted by Crippen LogP contribution is -2.39. The van der Waals surface area contributed by atoms with Gasteiger partial charge in [-0.25, -0.2) is 4.79 Å². The highest BCUT2D eigenvalue weighted by atomic mass is 16.6. The molecule has 0 aromatic carbocycles. The molecule has 0 aliphatic heterocycles. The number of alkyl carbamates (subject to hydrolysis) is 1. The molecular weight excluding hydrogens is 424 g/mol. The first kappa shape index (κ1) is 25.5. The summed E-state index contributed by atoms with van der Waals surface area (Å²) < 4.78 is 15.1. The van der Waals surface area contributed by atoms with Crippen LogP contribution in [0.2, 0.25) is 0 Å². The van der Waals surface area contributed by atoms with E-state index in [1.54, 1.807) is 6.08 Å². The molecule has 2 atom stereocenters. The number of carbonyl (C=O) groups is 3. The molecule has 3 fully saturated rings. The smallest absolute Gasteiger partial charge is 0.407 e. The van der Waals surface area contributed by atoms with Crippen molar-refractivity contribution < 1.29 is 28.6 Å². The van der Waals surface area contributed by atoms with Crippen LogP contribution in [0.25, 0.3) is 0 Å². The van der Waals surface area contributed by atoms with Gasteiger partial charge in [-0.05, 0) is 83.1 Å². The predicted octanol–water partition coefficient (Wildman–Crippen LogP) is 3.35. The summed E-state index contributed by atoms with van der Waals surface area (Å²) in [6, 6.07) is 0.834. The molecule has 3 rings (SSSR count). The lowest BCUT2D eigenvalue weighted by Gasteiger charge is -2.34. The van der Waals surface area contributed by atoms with Gasteiger partial charge in [0.25, 0.3) is 0 Å². The zero-order chi connectivity index (χ0) is 23.8. The van der Waals surface area contributed by atoms with Gasteiger partial charge in [0.15, 0.2) is 5.41 Å². The number of carbonyl (C=O) groups excluding carboxylic acids is 3. The fourth-order valence-electron chi connectivity index (χ4n) is 5.61. The Balaban J connectivity index is 1.27. The highest BCUT2D eigenvalue weighted by Crippen LogP contribution is 2.55. The molecule has 2 N–H and O–H groups in total. The van der Waals surface area contributed by atoms with Crippen molar-refractivity contribution in [3.63, 3.8) is 0 Å². The number of ether oxygens (including phenoxy) is 3. The Bertz CT molecular complexity index is 697. The molecule has 33 heavy (non-hydrogen) atoms. The maximum absolute atomic E-state index is 12.3. The number of amides is 1. The summed E-state index contributed by atoms with van der Waals surface area (Å²) in [6.45, 7) is 3.48. The molecule has 8 nitrogen and oxygen atoms in total. The minimum Gasteiger partial charge on any atom is -0.468 e. The first-order valence-corrected chi connectivity index (χ1v) is 12.4. The third-order valence-corrected chi connectivity index (χ3v) is 7.85. The topological polar surface area (TPSA) is 103 Å². The lowest BCUT2D eigenvalue weighted by atomic mass is 9.76. The number of esters is 2. The van der Waals surface area contributed by atoms with Gasteiger partial charge < -0.3 is 24.8 Å². The maximum atomic E-state index is 12.3. The molecule has 0 radical (unpaired) electrons. The van der Waals surface area contributed by atoms with Crippen molar-refractivity contribution in [2.75, 3.05) is 27.4 Å². The summed E-state index contributed by atoms with van der Waals surface area (Å²) in [5.74, 6) is 0.0737. The number of hydrogen-bond donors (Lipinski definition) is 2. The van der Waals surface area contributed by atoms with Crippen molar-refractivity contribution in [1.29, 1.82) is 0 Å². The van der Waals surface area contributed by atoms with Crippen LogP contribution in [0.1, 0.15) is 64.2 Å². The molecule has 2 unspecified atom stereocenters. The molecule has 0 spiro atoms. The summed E-state index contributed by atoms with van der Waals surface area (Å²) in [4.78, 5) is 36.4. The van der Waals surface area contributed by atoms with E-state index in [2.05, 4.69) is 24.3 Å². The Labute approximate surface area is 197 Å². The molecule has 3 aliphatic rings. The Morgan fingerprint density at radius 3 is 2.00 bits per heavy atom. The molecule has 3 aliphatic carbocycles.